The molecule has 5 heteroatoms. The van der Waals surface area contributed by atoms with E-state index in [1.165, 1.54) is 24.1 Å². The van der Waals surface area contributed by atoms with Crippen molar-refractivity contribution < 1.29 is 9.53 Å². The van der Waals surface area contributed by atoms with Gasteiger partial charge in [0.2, 0.25) is 0 Å². The Bertz CT molecular complexity index is 724. The van der Waals surface area contributed by atoms with Crippen molar-refractivity contribution in [2.24, 2.45) is 0 Å². The van der Waals surface area contributed by atoms with Crippen LogP contribution in [0.4, 0.5) is 10.5 Å². The van der Waals surface area contributed by atoms with Gasteiger partial charge in [-0.05, 0) is 42.2 Å². The summed E-state index contributed by atoms with van der Waals surface area (Å²) in [5.74, 6) is 0.815. The standard InChI is InChI=1S/C21H27N3O2/c1-23(21(25)22-15-17-9-11-19(26-2)12-10-17)16-18-7-3-4-8-20(18)24-13-5-6-14-24/h3-4,7-12H,5-6,13-16H2,1-2H3,(H,22,25). The SMILES string of the molecule is COc1ccc(CNC(=O)N(C)Cc2ccccc2N2CCCC2)cc1. The highest BCUT2D eigenvalue weighted by Crippen LogP contribution is 2.25. The van der Waals surface area contributed by atoms with Crippen molar-refractivity contribution in [1.29, 1.82) is 0 Å². The van der Waals surface area contributed by atoms with Gasteiger partial charge in [-0.25, -0.2) is 4.79 Å². The maximum atomic E-state index is 12.5. The fourth-order valence-corrected chi connectivity index (χ4v) is 3.29. The van der Waals surface area contributed by atoms with Crippen molar-refractivity contribution in [3.05, 3.63) is 59.7 Å². The van der Waals surface area contributed by atoms with Crippen molar-refractivity contribution in [2.45, 2.75) is 25.9 Å². The minimum Gasteiger partial charge on any atom is -0.497 e. The number of hydrogen-bond donors (Lipinski definition) is 1. The Morgan fingerprint density at radius 2 is 1.81 bits per heavy atom. The lowest BCUT2D eigenvalue weighted by Gasteiger charge is -2.24. The lowest BCUT2D eigenvalue weighted by atomic mass is 10.1. The Labute approximate surface area is 155 Å². The molecule has 2 aromatic carbocycles. The number of hydrogen-bond acceptors (Lipinski definition) is 3. The molecule has 0 unspecified atom stereocenters. The first kappa shape index (κ1) is 18.1. The number of nitrogens with one attached hydrogen (secondary N) is 1. The lowest BCUT2D eigenvalue weighted by molar-refractivity contribution is 0.206. The molecule has 0 radical (unpaired) electrons. The molecule has 1 saturated heterocycles. The first-order chi connectivity index (χ1) is 12.7. The third kappa shape index (κ3) is 4.48. The number of nitrogens with zero attached hydrogens (tertiary/aromatic N) is 2. The fraction of sp³-hybridized carbons (Fsp3) is 0.381. The maximum absolute atomic E-state index is 12.5. The van der Waals surface area contributed by atoms with Crippen LogP contribution in [0.25, 0.3) is 0 Å². The van der Waals surface area contributed by atoms with Crippen molar-refractivity contribution >= 4 is 11.7 Å². The molecule has 2 aromatic rings. The lowest BCUT2D eigenvalue weighted by Crippen LogP contribution is -2.36. The van der Waals surface area contributed by atoms with E-state index in [4.69, 9.17) is 4.74 Å². The van der Waals surface area contributed by atoms with Gasteiger partial charge < -0.3 is 19.9 Å². The molecular weight excluding hydrogens is 326 g/mol. The second-order valence-corrected chi connectivity index (χ2v) is 6.69. The largest absolute Gasteiger partial charge is 0.497 e. The van der Waals surface area contributed by atoms with Crippen LogP contribution in [0.15, 0.2) is 48.5 Å². The van der Waals surface area contributed by atoms with E-state index in [0.717, 1.165) is 24.4 Å². The van der Waals surface area contributed by atoms with E-state index >= 15 is 0 Å². The molecule has 0 aromatic heterocycles. The summed E-state index contributed by atoms with van der Waals surface area (Å²) in [5, 5.41) is 2.98. The van der Waals surface area contributed by atoms with Gasteiger partial charge in [-0.3, -0.25) is 0 Å². The molecule has 0 saturated carbocycles. The van der Waals surface area contributed by atoms with Gasteiger partial charge in [0, 0.05) is 38.9 Å². The average Bonchev–Trinajstić information content (AvgIpc) is 3.21. The predicted octanol–water partition coefficient (Wildman–Crippen LogP) is 3.64. The highest BCUT2D eigenvalue weighted by Gasteiger charge is 2.17. The summed E-state index contributed by atoms with van der Waals surface area (Å²) in [6.07, 6.45) is 2.49. The van der Waals surface area contributed by atoms with Gasteiger partial charge in [-0.15, -0.1) is 0 Å². The van der Waals surface area contributed by atoms with E-state index in [9.17, 15) is 4.79 Å². The van der Waals surface area contributed by atoms with E-state index < -0.39 is 0 Å². The van der Waals surface area contributed by atoms with Gasteiger partial charge in [0.05, 0.1) is 7.11 Å². The smallest absolute Gasteiger partial charge is 0.317 e. The van der Waals surface area contributed by atoms with Crippen LogP contribution in [0.3, 0.4) is 0 Å². The summed E-state index contributed by atoms with van der Waals surface area (Å²) in [4.78, 5) is 16.6. The number of anilines is 1. The number of amides is 2. The molecule has 1 heterocycles. The molecule has 3 rings (SSSR count). The molecule has 0 aliphatic carbocycles. The first-order valence-corrected chi connectivity index (χ1v) is 9.12. The van der Waals surface area contributed by atoms with Crippen LogP contribution >= 0.6 is 0 Å². The molecule has 26 heavy (non-hydrogen) atoms. The number of para-hydroxylation sites is 1. The van der Waals surface area contributed by atoms with Crippen LogP contribution in [0.2, 0.25) is 0 Å². The highest BCUT2D eigenvalue weighted by molar-refractivity contribution is 5.74. The van der Waals surface area contributed by atoms with Gasteiger partial charge in [-0.1, -0.05) is 30.3 Å². The Morgan fingerprint density at radius 1 is 1.12 bits per heavy atom. The summed E-state index contributed by atoms with van der Waals surface area (Å²) < 4.78 is 5.15. The van der Waals surface area contributed by atoms with Crippen LogP contribution in [-0.2, 0) is 13.1 Å². The molecule has 1 fully saturated rings. The molecule has 1 aliphatic rings. The number of rotatable bonds is 6. The zero-order valence-electron chi connectivity index (χ0n) is 15.6. The topological polar surface area (TPSA) is 44.8 Å². The Morgan fingerprint density at radius 3 is 2.50 bits per heavy atom. The van der Waals surface area contributed by atoms with Crippen molar-refractivity contribution in [2.75, 3.05) is 32.1 Å². The number of carbonyl (C=O) groups excluding carboxylic acids is 1. The average molecular weight is 353 g/mol. The zero-order valence-corrected chi connectivity index (χ0v) is 15.6. The van der Waals surface area contributed by atoms with Crippen molar-refractivity contribution in [1.82, 2.24) is 10.2 Å². The number of urea groups is 1. The number of benzene rings is 2. The molecule has 138 valence electrons. The van der Waals surface area contributed by atoms with Crippen LogP contribution in [0, 0.1) is 0 Å². The van der Waals surface area contributed by atoms with E-state index in [-0.39, 0.29) is 6.03 Å². The monoisotopic (exact) mass is 353 g/mol. The molecule has 2 amide bonds. The molecule has 5 nitrogen and oxygen atoms in total. The van der Waals surface area contributed by atoms with Gasteiger partial charge >= 0.3 is 6.03 Å². The second-order valence-electron chi connectivity index (χ2n) is 6.69. The summed E-state index contributed by atoms with van der Waals surface area (Å²) in [5.41, 5.74) is 3.49. The Kier molecular flexibility index (Phi) is 6.00. The third-order valence-electron chi connectivity index (χ3n) is 4.80. The van der Waals surface area contributed by atoms with E-state index in [2.05, 4.69) is 28.4 Å². The molecule has 1 N–H and O–H groups in total. The van der Waals surface area contributed by atoms with E-state index in [1.54, 1.807) is 12.0 Å². The summed E-state index contributed by atoms with van der Waals surface area (Å²) in [6, 6.07) is 16.0. The number of carbonyl (C=O) groups is 1. The molecule has 1 aliphatic heterocycles. The molecule has 0 atom stereocenters. The minimum absolute atomic E-state index is 0.0722. The second kappa shape index (κ2) is 8.61. The van der Waals surface area contributed by atoms with Crippen molar-refractivity contribution in [3.63, 3.8) is 0 Å². The summed E-state index contributed by atoms with van der Waals surface area (Å²) >= 11 is 0. The quantitative estimate of drug-likeness (QED) is 0.862. The number of ether oxygens (including phenoxy) is 1. The number of methoxy groups -OCH3 is 1. The summed E-state index contributed by atoms with van der Waals surface area (Å²) in [7, 11) is 3.48. The van der Waals surface area contributed by atoms with Gasteiger partial charge in [0.1, 0.15) is 5.75 Å². The maximum Gasteiger partial charge on any atom is 0.317 e. The van der Waals surface area contributed by atoms with Gasteiger partial charge in [-0.2, -0.15) is 0 Å². The van der Waals surface area contributed by atoms with Gasteiger partial charge in [0.25, 0.3) is 0 Å². The van der Waals surface area contributed by atoms with Crippen LogP contribution < -0.4 is 15.0 Å². The van der Waals surface area contributed by atoms with Gasteiger partial charge in [0.15, 0.2) is 0 Å². The van der Waals surface area contributed by atoms with E-state index in [0.29, 0.717) is 13.1 Å². The zero-order chi connectivity index (χ0) is 18.4. The van der Waals surface area contributed by atoms with Crippen LogP contribution in [-0.4, -0.2) is 38.2 Å². The normalized spacial score (nSPS) is 13.5. The Hall–Kier alpha value is -2.69. The van der Waals surface area contributed by atoms with Crippen molar-refractivity contribution in [3.8, 4) is 5.75 Å². The highest BCUT2D eigenvalue weighted by atomic mass is 16.5. The van der Waals surface area contributed by atoms with E-state index in [1.807, 2.05) is 37.4 Å². The Balaban J connectivity index is 1.57. The van der Waals surface area contributed by atoms with Crippen LogP contribution in [0.5, 0.6) is 5.75 Å². The first-order valence-electron chi connectivity index (χ1n) is 9.12. The fourth-order valence-electron chi connectivity index (χ4n) is 3.29. The third-order valence-corrected chi connectivity index (χ3v) is 4.80. The summed E-state index contributed by atoms with van der Waals surface area (Å²) in [6.45, 7) is 3.30. The predicted molar refractivity (Wildman–Crippen MR) is 105 cm³/mol. The minimum atomic E-state index is -0.0722. The molecular formula is C21H27N3O2. The van der Waals surface area contributed by atoms with Crippen LogP contribution in [0.1, 0.15) is 24.0 Å². The molecule has 0 bridgehead atoms. The molecule has 0 spiro atoms.